The van der Waals surface area contributed by atoms with Crippen molar-refractivity contribution in [2.75, 3.05) is 71.4 Å². The predicted octanol–water partition coefficient (Wildman–Crippen LogP) is 1.96. The highest BCUT2D eigenvalue weighted by Crippen LogP contribution is 2.27. The summed E-state index contributed by atoms with van der Waals surface area (Å²) in [6, 6.07) is 7.54. The standard InChI is InChI=1S/C22H34N4O2/c1-23(2)13-14-25-17-15-24(16-18-25)11-5-6-12-26-20-8-4-3-7-19(20)21(27)9-10-22(26)28/h3-4,7-8H,5-6,9-18H2,1-2H3. The summed E-state index contributed by atoms with van der Waals surface area (Å²) in [6.45, 7) is 8.61. The molecule has 3 rings (SSSR count). The van der Waals surface area contributed by atoms with Gasteiger partial charge in [0.1, 0.15) is 0 Å². The number of piperazine rings is 1. The van der Waals surface area contributed by atoms with Gasteiger partial charge in [0.25, 0.3) is 0 Å². The number of benzene rings is 1. The van der Waals surface area contributed by atoms with Crippen molar-refractivity contribution >= 4 is 17.4 Å². The molecule has 0 aliphatic carbocycles. The van der Waals surface area contributed by atoms with E-state index in [1.54, 1.807) is 0 Å². The van der Waals surface area contributed by atoms with Gasteiger partial charge in [-0.15, -0.1) is 0 Å². The Labute approximate surface area is 169 Å². The summed E-state index contributed by atoms with van der Waals surface area (Å²) in [4.78, 5) is 33.9. The third kappa shape index (κ3) is 5.63. The molecule has 28 heavy (non-hydrogen) atoms. The van der Waals surface area contributed by atoms with Gasteiger partial charge in [0, 0.05) is 64.2 Å². The summed E-state index contributed by atoms with van der Waals surface area (Å²) in [5, 5.41) is 0. The minimum atomic E-state index is 0.0767. The number of anilines is 1. The van der Waals surface area contributed by atoms with Crippen LogP contribution in [0, 0.1) is 0 Å². The minimum Gasteiger partial charge on any atom is -0.312 e. The van der Waals surface area contributed by atoms with E-state index in [4.69, 9.17) is 0 Å². The Kier molecular flexibility index (Phi) is 7.59. The highest BCUT2D eigenvalue weighted by Gasteiger charge is 2.26. The Morgan fingerprint density at radius 2 is 1.50 bits per heavy atom. The van der Waals surface area contributed by atoms with Crippen LogP contribution in [0.5, 0.6) is 0 Å². The SMILES string of the molecule is CN(C)CCN1CCN(CCCCN2C(=O)CCC(=O)c3ccccc32)CC1. The molecule has 0 spiro atoms. The first-order valence-corrected chi connectivity index (χ1v) is 10.6. The van der Waals surface area contributed by atoms with Crippen LogP contribution in [0.4, 0.5) is 5.69 Å². The van der Waals surface area contributed by atoms with Crippen molar-refractivity contribution in [3.05, 3.63) is 29.8 Å². The number of Topliss-reactive ketones (excluding diaryl/α,β-unsaturated/α-hetero) is 1. The lowest BCUT2D eigenvalue weighted by atomic mass is 10.1. The molecule has 1 aromatic rings. The highest BCUT2D eigenvalue weighted by molar-refractivity contribution is 6.09. The Hall–Kier alpha value is -1.76. The first-order chi connectivity index (χ1) is 13.5. The number of ketones is 1. The summed E-state index contributed by atoms with van der Waals surface area (Å²) in [5.41, 5.74) is 1.49. The second-order valence-electron chi connectivity index (χ2n) is 8.18. The minimum absolute atomic E-state index is 0.0767. The molecule has 0 radical (unpaired) electrons. The van der Waals surface area contributed by atoms with Crippen molar-refractivity contribution in [3.8, 4) is 0 Å². The number of hydrogen-bond donors (Lipinski definition) is 0. The number of likely N-dealkylation sites (N-methyl/N-ethyl adjacent to an activating group) is 1. The number of fused-ring (bicyclic) bond motifs is 1. The third-order valence-corrected chi connectivity index (χ3v) is 5.80. The summed E-state index contributed by atoms with van der Waals surface area (Å²) in [6.07, 6.45) is 2.69. The Morgan fingerprint density at radius 3 is 2.21 bits per heavy atom. The van der Waals surface area contributed by atoms with Gasteiger partial charge >= 0.3 is 0 Å². The van der Waals surface area contributed by atoms with Gasteiger partial charge in [-0.3, -0.25) is 14.5 Å². The number of rotatable bonds is 8. The number of hydrogen-bond acceptors (Lipinski definition) is 5. The van der Waals surface area contributed by atoms with Crippen molar-refractivity contribution in [2.45, 2.75) is 25.7 Å². The first-order valence-electron chi connectivity index (χ1n) is 10.6. The van der Waals surface area contributed by atoms with Crippen LogP contribution >= 0.6 is 0 Å². The monoisotopic (exact) mass is 386 g/mol. The molecule has 1 aromatic carbocycles. The van der Waals surface area contributed by atoms with Crippen molar-refractivity contribution in [2.24, 2.45) is 0 Å². The summed E-state index contributed by atoms with van der Waals surface area (Å²) in [7, 11) is 4.25. The largest absolute Gasteiger partial charge is 0.312 e. The molecule has 0 N–H and O–H groups in total. The van der Waals surface area contributed by atoms with Gasteiger partial charge in [0.05, 0.1) is 5.69 Å². The molecule has 1 amide bonds. The molecule has 6 nitrogen and oxygen atoms in total. The fraction of sp³-hybridized carbons (Fsp3) is 0.636. The van der Waals surface area contributed by atoms with E-state index in [0.29, 0.717) is 24.9 Å². The number of amides is 1. The maximum Gasteiger partial charge on any atom is 0.227 e. The van der Waals surface area contributed by atoms with E-state index in [1.807, 2.05) is 29.2 Å². The van der Waals surface area contributed by atoms with Gasteiger partial charge in [0.2, 0.25) is 5.91 Å². The van der Waals surface area contributed by atoms with Crippen molar-refractivity contribution in [1.29, 1.82) is 0 Å². The molecule has 154 valence electrons. The topological polar surface area (TPSA) is 47.1 Å². The van der Waals surface area contributed by atoms with Crippen LogP contribution in [0.15, 0.2) is 24.3 Å². The van der Waals surface area contributed by atoms with Crippen LogP contribution in [-0.2, 0) is 4.79 Å². The molecule has 2 aliphatic heterocycles. The van der Waals surface area contributed by atoms with Crippen LogP contribution in [0.1, 0.15) is 36.0 Å². The third-order valence-electron chi connectivity index (χ3n) is 5.80. The predicted molar refractivity (Wildman–Crippen MR) is 113 cm³/mol. The van der Waals surface area contributed by atoms with E-state index < -0.39 is 0 Å². The molecule has 0 aromatic heterocycles. The van der Waals surface area contributed by atoms with Crippen LogP contribution in [0.25, 0.3) is 0 Å². The zero-order valence-corrected chi connectivity index (χ0v) is 17.4. The quantitative estimate of drug-likeness (QED) is 0.639. The van der Waals surface area contributed by atoms with Crippen molar-refractivity contribution in [1.82, 2.24) is 14.7 Å². The van der Waals surface area contributed by atoms with Crippen LogP contribution in [0.2, 0.25) is 0 Å². The summed E-state index contributed by atoms with van der Waals surface area (Å²) >= 11 is 0. The average molecular weight is 387 g/mol. The van der Waals surface area contributed by atoms with E-state index in [-0.39, 0.29) is 11.7 Å². The smallest absolute Gasteiger partial charge is 0.227 e. The molecule has 0 bridgehead atoms. The lowest BCUT2D eigenvalue weighted by Crippen LogP contribution is -2.48. The van der Waals surface area contributed by atoms with Crippen molar-refractivity contribution < 1.29 is 9.59 Å². The second kappa shape index (κ2) is 10.1. The van der Waals surface area contributed by atoms with Gasteiger partial charge in [-0.05, 0) is 45.6 Å². The molecular formula is C22H34N4O2. The molecule has 0 saturated carbocycles. The summed E-state index contributed by atoms with van der Waals surface area (Å²) < 4.78 is 0. The first kappa shape index (κ1) is 21.0. The summed E-state index contributed by atoms with van der Waals surface area (Å²) in [5.74, 6) is 0.159. The van der Waals surface area contributed by atoms with Crippen LogP contribution in [0.3, 0.4) is 0 Å². The Bertz CT molecular complexity index is 668. The molecule has 6 heteroatoms. The van der Waals surface area contributed by atoms with E-state index in [1.165, 1.54) is 0 Å². The number of para-hydroxylation sites is 1. The van der Waals surface area contributed by atoms with Gasteiger partial charge < -0.3 is 14.7 Å². The van der Waals surface area contributed by atoms with E-state index in [0.717, 1.165) is 64.3 Å². The number of carbonyl (C=O) groups is 2. The molecule has 0 unspecified atom stereocenters. The van der Waals surface area contributed by atoms with Gasteiger partial charge in [0.15, 0.2) is 5.78 Å². The fourth-order valence-corrected chi connectivity index (χ4v) is 4.00. The van der Waals surface area contributed by atoms with Crippen LogP contribution in [-0.4, -0.2) is 92.8 Å². The number of unbranched alkanes of at least 4 members (excludes halogenated alkanes) is 1. The molecule has 1 saturated heterocycles. The number of carbonyl (C=O) groups excluding carboxylic acids is 2. The maximum absolute atomic E-state index is 12.5. The number of nitrogens with zero attached hydrogens (tertiary/aromatic N) is 4. The molecule has 2 aliphatic rings. The lowest BCUT2D eigenvalue weighted by molar-refractivity contribution is -0.118. The zero-order valence-electron chi connectivity index (χ0n) is 17.4. The highest BCUT2D eigenvalue weighted by atomic mass is 16.2. The Balaban J connectivity index is 1.42. The van der Waals surface area contributed by atoms with E-state index in [9.17, 15) is 9.59 Å². The van der Waals surface area contributed by atoms with Crippen molar-refractivity contribution in [3.63, 3.8) is 0 Å². The average Bonchev–Trinajstić information content (AvgIpc) is 2.82. The maximum atomic E-state index is 12.5. The molecular weight excluding hydrogens is 352 g/mol. The van der Waals surface area contributed by atoms with Gasteiger partial charge in [-0.2, -0.15) is 0 Å². The van der Waals surface area contributed by atoms with Gasteiger partial charge in [-0.25, -0.2) is 0 Å². The lowest BCUT2D eigenvalue weighted by Gasteiger charge is -2.35. The van der Waals surface area contributed by atoms with Gasteiger partial charge in [-0.1, -0.05) is 12.1 Å². The van der Waals surface area contributed by atoms with Crippen LogP contribution < -0.4 is 4.90 Å². The molecule has 0 atom stereocenters. The van der Waals surface area contributed by atoms with E-state index in [2.05, 4.69) is 28.8 Å². The fourth-order valence-electron chi connectivity index (χ4n) is 4.00. The zero-order chi connectivity index (χ0) is 19.9. The molecule has 2 heterocycles. The van der Waals surface area contributed by atoms with E-state index >= 15 is 0 Å². The second-order valence-corrected chi connectivity index (χ2v) is 8.18. The normalized spacial score (nSPS) is 19.2. The Morgan fingerprint density at radius 1 is 0.857 bits per heavy atom. The molecule has 1 fully saturated rings.